The van der Waals surface area contributed by atoms with Crippen LogP contribution < -0.4 is 15.4 Å². The van der Waals surface area contributed by atoms with Gasteiger partial charge >= 0.3 is 6.03 Å². The van der Waals surface area contributed by atoms with Gasteiger partial charge in [0.25, 0.3) is 5.91 Å². The number of benzene rings is 1. The molecule has 0 unspecified atom stereocenters. The molecular formula is C18H21N3O4. The van der Waals surface area contributed by atoms with Gasteiger partial charge in [0, 0.05) is 18.7 Å². The van der Waals surface area contributed by atoms with E-state index in [2.05, 4.69) is 10.6 Å². The smallest absolute Gasteiger partial charge is 0.318 e. The zero-order valence-electron chi connectivity index (χ0n) is 14.0. The summed E-state index contributed by atoms with van der Waals surface area (Å²) in [5, 5.41) is 5.52. The molecule has 7 nitrogen and oxygen atoms in total. The summed E-state index contributed by atoms with van der Waals surface area (Å²) in [4.78, 5) is 26.0. The van der Waals surface area contributed by atoms with E-state index >= 15 is 0 Å². The summed E-state index contributed by atoms with van der Waals surface area (Å²) in [6.45, 7) is 3.53. The summed E-state index contributed by atoms with van der Waals surface area (Å²) in [6, 6.07) is 10.7. The topological polar surface area (TPSA) is 83.8 Å². The maximum Gasteiger partial charge on any atom is 0.318 e. The molecule has 0 spiro atoms. The van der Waals surface area contributed by atoms with Crippen molar-refractivity contribution >= 4 is 11.9 Å². The highest BCUT2D eigenvalue weighted by atomic mass is 16.5. The Morgan fingerprint density at radius 1 is 1.16 bits per heavy atom. The van der Waals surface area contributed by atoms with Crippen LogP contribution in [0.2, 0.25) is 0 Å². The summed E-state index contributed by atoms with van der Waals surface area (Å²) in [6.07, 6.45) is 1.44. The minimum Gasteiger partial charge on any atom is -0.491 e. The molecule has 3 rings (SSSR count). The van der Waals surface area contributed by atoms with Gasteiger partial charge in [0.15, 0.2) is 5.76 Å². The van der Waals surface area contributed by atoms with Crippen LogP contribution in [0.4, 0.5) is 4.79 Å². The maximum atomic E-state index is 12.5. The predicted octanol–water partition coefficient (Wildman–Crippen LogP) is 2.00. The Kier molecular flexibility index (Phi) is 5.23. The van der Waals surface area contributed by atoms with Crippen molar-refractivity contribution in [3.63, 3.8) is 0 Å². The normalized spacial score (nSPS) is 16.4. The van der Waals surface area contributed by atoms with Crippen LogP contribution in [0.25, 0.3) is 0 Å². The van der Waals surface area contributed by atoms with Crippen LogP contribution in [-0.2, 0) is 6.54 Å². The van der Waals surface area contributed by atoms with Crippen LogP contribution in [-0.4, -0.2) is 42.6 Å². The lowest BCUT2D eigenvalue weighted by atomic mass is 10.2. The van der Waals surface area contributed by atoms with E-state index in [-0.39, 0.29) is 23.7 Å². The average Bonchev–Trinajstić information content (AvgIpc) is 3.10. The zero-order chi connectivity index (χ0) is 17.6. The number of para-hydroxylation sites is 1. The van der Waals surface area contributed by atoms with E-state index in [9.17, 15) is 9.59 Å². The number of nitrogens with zero attached hydrogens (tertiary/aromatic N) is 1. The number of carbonyl (C=O) groups excluding carboxylic acids is 2. The number of urea groups is 1. The lowest BCUT2D eigenvalue weighted by molar-refractivity contribution is 0.0925. The van der Waals surface area contributed by atoms with Gasteiger partial charge in [-0.15, -0.1) is 0 Å². The second kappa shape index (κ2) is 7.74. The zero-order valence-corrected chi connectivity index (χ0v) is 14.0. The van der Waals surface area contributed by atoms with E-state index in [0.717, 1.165) is 11.3 Å². The molecule has 132 valence electrons. The van der Waals surface area contributed by atoms with Crippen molar-refractivity contribution in [2.24, 2.45) is 0 Å². The summed E-state index contributed by atoms with van der Waals surface area (Å²) < 4.78 is 10.8. The molecule has 1 aliphatic rings. The molecular weight excluding hydrogens is 322 g/mol. The second-order valence-corrected chi connectivity index (χ2v) is 5.86. The van der Waals surface area contributed by atoms with Crippen molar-refractivity contribution in [3.05, 3.63) is 54.0 Å². The van der Waals surface area contributed by atoms with Gasteiger partial charge in [-0.2, -0.15) is 0 Å². The van der Waals surface area contributed by atoms with Crippen molar-refractivity contribution < 1.29 is 18.7 Å². The Labute approximate surface area is 145 Å². The molecule has 1 atom stereocenters. The van der Waals surface area contributed by atoms with E-state index in [4.69, 9.17) is 9.15 Å². The third-order valence-electron chi connectivity index (χ3n) is 4.02. The lowest BCUT2D eigenvalue weighted by Gasteiger charge is -2.26. The van der Waals surface area contributed by atoms with Crippen LogP contribution in [0.1, 0.15) is 23.0 Å². The molecule has 3 amide bonds. The van der Waals surface area contributed by atoms with Gasteiger partial charge in [-0.05, 0) is 25.1 Å². The summed E-state index contributed by atoms with van der Waals surface area (Å²) in [7, 11) is 0. The summed E-state index contributed by atoms with van der Waals surface area (Å²) in [5.41, 5.74) is 0.980. The van der Waals surface area contributed by atoms with Gasteiger partial charge in [-0.1, -0.05) is 18.2 Å². The average molecular weight is 343 g/mol. The number of furan rings is 1. The Morgan fingerprint density at radius 3 is 2.76 bits per heavy atom. The number of ether oxygens (including phenoxy) is 1. The maximum absolute atomic E-state index is 12.5. The fourth-order valence-corrected chi connectivity index (χ4v) is 2.63. The molecule has 1 aromatic heterocycles. The van der Waals surface area contributed by atoms with Crippen LogP contribution in [0.3, 0.4) is 0 Å². The van der Waals surface area contributed by atoms with Crippen LogP contribution >= 0.6 is 0 Å². The van der Waals surface area contributed by atoms with Gasteiger partial charge in [0.2, 0.25) is 0 Å². The van der Waals surface area contributed by atoms with Gasteiger partial charge in [0.05, 0.1) is 18.8 Å². The van der Waals surface area contributed by atoms with Gasteiger partial charge in [0.1, 0.15) is 12.4 Å². The van der Waals surface area contributed by atoms with Crippen LogP contribution in [0, 0.1) is 0 Å². The molecule has 2 N–H and O–H groups in total. The van der Waals surface area contributed by atoms with E-state index in [1.807, 2.05) is 31.2 Å². The fourth-order valence-electron chi connectivity index (χ4n) is 2.63. The third kappa shape index (κ3) is 4.12. The van der Waals surface area contributed by atoms with Crippen LogP contribution in [0.15, 0.2) is 47.1 Å². The Morgan fingerprint density at radius 2 is 1.96 bits per heavy atom. The van der Waals surface area contributed by atoms with Crippen molar-refractivity contribution in [1.82, 2.24) is 15.5 Å². The van der Waals surface area contributed by atoms with Crippen LogP contribution in [0.5, 0.6) is 5.75 Å². The highest BCUT2D eigenvalue weighted by molar-refractivity contribution is 5.91. The number of nitrogens with one attached hydrogen (secondary N) is 2. The largest absolute Gasteiger partial charge is 0.491 e. The number of hydrogen-bond acceptors (Lipinski definition) is 4. The Balaban J connectivity index is 1.49. The quantitative estimate of drug-likeness (QED) is 0.832. The molecule has 0 fully saturated rings. The van der Waals surface area contributed by atoms with Gasteiger partial charge < -0.3 is 24.7 Å². The van der Waals surface area contributed by atoms with E-state index in [0.29, 0.717) is 26.2 Å². The van der Waals surface area contributed by atoms with Crippen molar-refractivity contribution in [3.8, 4) is 5.75 Å². The van der Waals surface area contributed by atoms with E-state index in [1.54, 1.807) is 17.0 Å². The first-order valence-electron chi connectivity index (χ1n) is 8.22. The highest BCUT2D eigenvalue weighted by Crippen LogP contribution is 2.24. The number of fused-ring (bicyclic) bond motifs is 1. The van der Waals surface area contributed by atoms with Gasteiger partial charge in [-0.25, -0.2) is 4.79 Å². The molecule has 2 heterocycles. The number of amides is 3. The fraction of sp³-hybridized carbons (Fsp3) is 0.333. The SMILES string of the molecule is C[C@H]1COc2ccccc2CN1C(=O)NCCNC(=O)c1ccco1. The standard InChI is InChI=1S/C18H21N3O4/c1-13-12-25-15-6-3-2-5-14(15)11-21(13)18(23)20-9-8-19-17(22)16-7-4-10-24-16/h2-7,10,13H,8-9,11-12H2,1H3,(H,19,22)(H,20,23)/t13-/m0/s1. The number of carbonyl (C=O) groups is 2. The highest BCUT2D eigenvalue weighted by Gasteiger charge is 2.25. The molecule has 0 bridgehead atoms. The monoisotopic (exact) mass is 343 g/mol. The lowest BCUT2D eigenvalue weighted by Crippen LogP contribution is -2.47. The minimum atomic E-state index is -0.301. The van der Waals surface area contributed by atoms with Crippen molar-refractivity contribution in [1.29, 1.82) is 0 Å². The third-order valence-corrected chi connectivity index (χ3v) is 4.02. The van der Waals surface area contributed by atoms with Gasteiger partial charge in [-0.3, -0.25) is 4.79 Å². The number of rotatable bonds is 4. The molecule has 0 saturated carbocycles. The number of hydrogen-bond donors (Lipinski definition) is 2. The van der Waals surface area contributed by atoms with Crippen molar-refractivity contribution in [2.75, 3.05) is 19.7 Å². The molecule has 25 heavy (non-hydrogen) atoms. The Bertz CT molecular complexity index is 730. The Hall–Kier alpha value is -2.96. The molecule has 7 heteroatoms. The molecule has 1 aromatic carbocycles. The molecule has 2 aromatic rings. The first kappa shape index (κ1) is 16.9. The van der Waals surface area contributed by atoms with Crippen molar-refractivity contribution in [2.45, 2.75) is 19.5 Å². The second-order valence-electron chi connectivity index (χ2n) is 5.86. The van der Waals surface area contributed by atoms with E-state index in [1.165, 1.54) is 6.26 Å². The molecule has 0 aliphatic carbocycles. The summed E-state index contributed by atoms with van der Waals surface area (Å²) >= 11 is 0. The molecule has 0 radical (unpaired) electrons. The van der Waals surface area contributed by atoms with E-state index < -0.39 is 0 Å². The molecule has 1 aliphatic heterocycles. The first-order chi connectivity index (χ1) is 12.1. The summed E-state index contributed by atoms with van der Waals surface area (Å²) in [5.74, 6) is 0.765. The molecule has 0 saturated heterocycles. The predicted molar refractivity (Wildman–Crippen MR) is 91.4 cm³/mol. The minimum absolute atomic E-state index is 0.0508. The first-order valence-corrected chi connectivity index (χ1v) is 8.22.